The first-order chi connectivity index (χ1) is 13.8. The third kappa shape index (κ3) is 5.72. The normalized spacial score (nSPS) is 11.4. The molecule has 0 heterocycles. The van der Waals surface area contributed by atoms with Gasteiger partial charge in [0.05, 0.1) is 11.4 Å². The highest BCUT2D eigenvalue weighted by Crippen LogP contribution is 2.19. The highest BCUT2D eigenvalue weighted by atomic mass is 79.9. The van der Waals surface area contributed by atoms with Crippen LogP contribution in [0.5, 0.6) is 0 Å². The molecule has 3 rings (SSSR count). The molecule has 0 unspecified atom stereocenters. The Bertz CT molecular complexity index is 1070. The molecule has 3 aromatic rings. The molecule has 0 saturated heterocycles. The maximum absolute atomic E-state index is 13.2. The lowest BCUT2D eigenvalue weighted by Crippen LogP contribution is -2.37. The topological polar surface area (TPSA) is 66.5 Å². The van der Waals surface area contributed by atoms with Gasteiger partial charge in [-0.3, -0.25) is 4.79 Å². The number of rotatable bonds is 7. The standard InChI is InChI=1S/C21H18BrFN2O3S/c22-17-8-12-19(13-9-17)24-21(26)15-25(14-16-6-10-18(23)11-7-16)29(27,28)20-4-2-1-3-5-20/h1-13H,14-15H2,(H,24,26). The smallest absolute Gasteiger partial charge is 0.243 e. The lowest BCUT2D eigenvalue weighted by molar-refractivity contribution is -0.116. The number of hydrogen-bond donors (Lipinski definition) is 1. The molecular formula is C21H18BrFN2O3S. The van der Waals surface area contributed by atoms with Gasteiger partial charge in [-0.2, -0.15) is 4.31 Å². The van der Waals surface area contributed by atoms with Gasteiger partial charge < -0.3 is 5.32 Å². The second kappa shape index (κ2) is 9.30. The lowest BCUT2D eigenvalue weighted by Gasteiger charge is -2.22. The van der Waals surface area contributed by atoms with Gasteiger partial charge in [0.2, 0.25) is 15.9 Å². The van der Waals surface area contributed by atoms with Crippen molar-refractivity contribution in [3.05, 3.63) is 94.7 Å². The molecule has 0 aliphatic carbocycles. The van der Waals surface area contributed by atoms with Gasteiger partial charge in [0.1, 0.15) is 5.82 Å². The van der Waals surface area contributed by atoms with E-state index in [0.29, 0.717) is 11.3 Å². The number of nitrogens with one attached hydrogen (secondary N) is 1. The number of hydrogen-bond acceptors (Lipinski definition) is 3. The van der Waals surface area contributed by atoms with Crippen LogP contribution in [-0.2, 0) is 21.4 Å². The highest BCUT2D eigenvalue weighted by Gasteiger charge is 2.26. The van der Waals surface area contributed by atoms with Crippen molar-refractivity contribution in [3.63, 3.8) is 0 Å². The molecule has 0 spiro atoms. The summed E-state index contributed by atoms with van der Waals surface area (Å²) < 4.78 is 41.3. The fourth-order valence-electron chi connectivity index (χ4n) is 2.65. The van der Waals surface area contributed by atoms with Crippen molar-refractivity contribution < 1.29 is 17.6 Å². The van der Waals surface area contributed by atoms with Crippen molar-refractivity contribution in [2.24, 2.45) is 0 Å². The van der Waals surface area contributed by atoms with Gasteiger partial charge in [-0.05, 0) is 54.1 Å². The van der Waals surface area contributed by atoms with Gasteiger partial charge in [0.15, 0.2) is 0 Å². The minimum absolute atomic E-state index is 0.0642. The third-order valence-electron chi connectivity index (χ3n) is 4.10. The molecule has 150 valence electrons. The number of halogens is 2. The van der Waals surface area contributed by atoms with Crippen LogP contribution >= 0.6 is 15.9 Å². The highest BCUT2D eigenvalue weighted by molar-refractivity contribution is 9.10. The van der Waals surface area contributed by atoms with Gasteiger partial charge in [-0.15, -0.1) is 0 Å². The SMILES string of the molecule is O=C(CN(Cc1ccc(F)cc1)S(=O)(=O)c1ccccc1)Nc1ccc(Br)cc1. The lowest BCUT2D eigenvalue weighted by atomic mass is 10.2. The molecule has 1 N–H and O–H groups in total. The summed E-state index contributed by atoms with van der Waals surface area (Å²) in [6.07, 6.45) is 0. The zero-order valence-corrected chi connectivity index (χ0v) is 17.7. The van der Waals surface area contributed by atoms with Crippen LogP contribution in [0.2, 0.25) is 0 Å². The average Bonchev–Trinajstić information content (AvgIpc) is 2.71. The van der Waals surface area contributed by atoms with E-state index in [4.69, 9.17) is 0 Å². The van der Waals surface area contributed by atoms with Crippen molar-refractivity contribution in [1.29, 1.82) is 0 Å². The summed E-state index contributed by atoms with van der Waals surface area (Å²) in [6, 6.07) is 20.3. The zero-order chi connectivity index (χ0) is 20.9. The Kier molecular flexibility index (Phi) is 6.79. The van der Waals surface area contributed by atoms with E-state index < -0.39 is 21.7 Å². The number of benzene rings is 3. The van der Waals surface area contributed by atoms with Gasteiger partial charge in [-0.1, -0.05) is 46.3 Å². The Labute approximate surface area is 177 Å². The van der Waals surface area contributed by atoms with Gasteiger partial charge >= 0.3 is 0 Å². The first kappa shape index (κ1) is 21.2. The van der Waals surface area contributed by atoms with E-state index in [1.54, 1.807) is 42.5 Å². The third-order valence-corrected chi connectivity index (χ3v) is 6.44. The zero-order valence-electron chi connectivity index (χ0n) is 15.3. The maximum Gasteiger partial charge on any atom is 0.243 e. The summed E-state index contributed by atoms with van der Waals surface area (Å²) in [7, 11) is -3.93. The fourth-order valence-corrected chi connectivity index (χ4v) is 4.32. The van der Waals surface area contributed by atoms with Gasteiger partial charge in [0, 0.05) is 16.7 Å². The second-order valence-electron chi connectivity index (χ2n) is 6.27. The van der Waals surface area contributed by atoms with E-state index in [0.717, 1.165) is 8.78 Å². The largest absolute Gasteiger partial charge is 0.325 e. The van der Waals surface area contributed by atoms with E-state index in [1.807, 2.05) is 0 Å². The van der Waals surface area contributed by atoms with Crippen LogP contribution in [-0.4, -0.2) is 25.2 Å². The molecule has 0 aromatic heterocycles. The summed E-state index contributed by atoms with van der Waals surface area (Å²) in [4.78, 5) is 12.6. The average molecular weight is 477 g/mol. The van der Waals surface area contributed by atoms with Crippen LogP contribution in [0.15, 0.2) is 88.2 Å². The first-order valence-electron chi connectivity index (χ1n) is 8.70. The molecule has 29 heavy (non-hydrogen) atoms. The summed E-state index contributed by atoms with van der Waals surface area (Å²) in [5.74, 6) is -0.895. The predicted molar refractivity (Wildman–Crippen MR) is 113 cm³/mol. The Morgan fingerprint density at radius 3 is 2.17 bits per heavy atom. The molecule has 0 bridgehead atoms. The van der Waals surface area contributed by atoms with E-state index in [-0.39, 0.29) is 18.0 Å². The van der Waals surface area contributed by atoms with Crippen LogP contribution in [0.4, 0.5) is 10.1 Å². The monoisotopic (exact) mass is 476 g/mol. The predicted octanol–water partition coefficient (Wildman–Crippen LogP) is 4.42. The number of carbonyl (C=O) groups is 1. The summed E-state index contributed by atoms with van der Waals surface area (Å²) in [6.45, 7) is -0.448. The van der Waals surface area contributed by atoms with Crippen LogP contribution in [0.25, 0.3) is 0 Å². The molecule has 1 amide bonds. The molecule has 0 atom stereocenters. The van der Waals surface area contributed by atoms with Crippen molar-refractivity contribution in [2.45, 2.75) is 11.4 Å². The Morgan fingerprint density at radius 2 is 1.55 bits per heavy atom. The van der Waals surface area contributed by atoms with Crippen LogP contribution in [0.1, 0.15) is 5.56 Å². The van der Waals surface area contributed by atoms with E-state index >= 15 is 0 Å². The van der Waals surface area contributed by atoms with Crippen LogP contribution < -0.4 is 5.32 Å². The summed E-state index contributed by atoms with van der Waals surface area (Å²) in [5, 5.41) is 2.69. The van der Waals surface area contributed by atoms with Crippen molar-refractivity contribution in [1.82, 2.24) is 4.31 Å². The molecular weight excluding hydrogens is 459 g/mol. The number of anilines is 1. The summed E-state index contributed by atoms with van der Waals surface area (Å²) >= 11 is 3.32. The van der Waals surface area contributed by atoms with E-state index in [1.165, 1.54) is 36.4 Å². The minimum atomic E-state index is -3.93. The second-order valence-corrected chi connectivity index (χ2v) is 9.12. The molecule has 5 nitrogen and oxygen atoms in total. The van der Waals surface area contributed by atoms with Crippen molar-refractivity contribution in [2.75, 3.05) is 11.9 Å². The van der Waals surface area contributed by atoms with Crippen molar-refractivity contribution in [3.8, 4) is 0 Å². The molecule has 0 fully saturated rings. The Balaban J connectivity index is 1.84. The number of amides is 1. The first-order valence-corrected chi connectivity index (χ1v) is 10.9. The molecule has 0 aliphatic rings. The molecule has 0 saturated carbocycles. The summed E-state index contributed by atoms with van der Waals surface area (Å²) in [5.41, 5.74) is 1.12. The number of carbonyl (C=O) groups excluding carboxylic acids is 1. The Hall–Kier alpha value is -2.55. The minimum Gasteiger partial charge on any atom is -0.325 e. The number of sulfonamides is 1. The van der Waals surface area contributed by atoms with Crippen LogP contribution in [0, 0.1) is 5.82 Å². The van der Waals surface area contributed by atoms with Crippen molar-refractivity contribution >= 4 is 37.5 Å². The quantitative estimate of drug-likeness (QED) is 0.548. The fraction of sp³-hybridized carbons (Fsp3) is 0.0952. The van der Waals surface area contributed by atoms with Crippen LogP contribution in [0.3, 0.4) is 0 Å². The maximum atomic E-state index is 13.2. The van der Waals surface area contributed by atoms with E-state index in [2.05, 4.69) is 21.2 Å². The molecule has 8 heteroatoms. The molecule has 3 aromatic carbocycles. The Morgan fingerprint density at radius 1 is 0.931 bits per heavy atom. The number of nitrogens with zero attached hydrogens (tertiary/aromatic N) is 1. The van der Waals surface area contributed by atoms with Gasteiger partial charge in [-0.25, -0.2) is 12.8 Å². The van der Waals surface area contributed by atoms with Gasteiger partial charge in [0.25, 0.3) is 0 Å². The van der Waals surface area contributed by atoms with E-state index in [9.17, 15) is 17.6 Å². The molecule has 0 aliphatic heterocycles. The molecule has 0 radical (unpaired) electrons.